The molecule has 0 aliphatic carbocycles. The summed E-state index contributed by atoms with van der Waals surface area (Å²) in [5.41, 5.74) is 0.723. The third-order valence-corrected chi connectivity index (χ3v) is 1.88. The summed E-state index contributed by atoms with van der Waals surface area (Å²) in [6, 6.07) is 1.43. The van der Waals surface area contributed by atoms with Crippen molar-refractivity contribution in [2.45, 2.75) is 0 Å². The Morgan fingerprint density at radius 1 is 1.67 bits per heavy atom. The van der Waals surface area contributed by atoms with Gasteiger partial charge in [0.15, 0.2) is 0 Å². The molecule has 4 heteroatoms. The first-order chi connectivity index (χ1) is 5.77. The maximum absolute atomic E-state index is 12.7. The third-order valence-electron chi connectivity index (χ3n) is 1.88. The second-order valence-electron chi connectivity index (χ2n) is 2.75. The molecule has 3 nitrogen and oxygen atoms in total. The Morgan fingerprint density at radius 2 is 2.50 bits per heavy atom. The minimum atomic E-state index is -0.328. The Morgan fingerprint density at radius 3 is 3.33 bits per heavy atom. The second kappa shape index (κ2) is 2.62. The number of ether oxygens (including phenoxy) is 1. The highest BCUT2D eigenvalue weighted by Crippen LogP contribution is 2.27. The number of nitrogens with zero attached hydrogens (tertiary/aromatic N) is 2. The van der Waals surface area contributed by atoms with Gasteiger partial charge in [0.2, 0.25) is 5.88 Å². The molecule has 0 amide bonds. The van der Waals surface area contributed by atoms with Crippen LogP contribution in [0.15, 0.2) is 12.3 Å². The number of rotatable bonds is 0. The quantitative estimate of drug-likeness (QED) is 0.579. The highest BCUT2D eigenvalue weighted by molar-refractivity contribution is 5.55. The molecule has 12 heavy (non-hydrogen) atoms. The van der Waals surface area contributed by atoms with Gasteiger partial charge >= 0.3 is 0 Å². The molecular weight excluding hydrogens is 159 g/mol. The minimum absolute atomic E-state index is 0.328. The van der Waals surface area contributed by atoms with Crippen molar-refractivity contribution in [1.29, 1.82) is 0 Å². The van der Waals surface area contributed by atoms with Crippen LogP contribution < -0.4 is 9.64 Å². The van der Waals surface area contributed by atoms with Gasteiger partial charge in [0, 0.05) is 13.1 Å². The van der Waals surface area contributed by atoms with Crippen LogP contribution in [-0.2, 0) is 0 Å². The topological polar surface area (TPSA) is 25.4 Å². The fourth-order valence-electron chi connectivity index (χ4n) is 1.20. The first kappa shape index (κ1) is 7.34. The van der Waals surface area contributed by atoms with Gasteiger partial charge in [0.05, 0.1) is 12.7 Å². The molecule has 1 aliphatic rings. The van der Waals surface area contributed by atoms with Gasteiger partial charge in [0.1, 0.15) is 18.1 Å². The van der Waals surface area contributed by atoms with Crippen molar-refractivity contribution in [3.63, 3.8) is 0 Å². The largest absolute Gasteiger partial charge is 0.474 e. The first-order valence-corrected chi connectivity index (χ1v) is 3.77. The van der Waals surface area contributed by atoms with E-state index in [0.29, 0.717) is 12.5 Å². The van der Waals surface area contributed by atoms with E-state index in [1.165, 1.54) is 6.07 Å². The molecule has 2 rings (SSSR count). The number of hydrogen-bond donors (Lipinski definition) is 0. The Bertz CT molecular complexity index is 303. The van der Waals surface area contributed by atoms with Gasteiger partial charge in [-0.3, -0.25) is 0 Å². The highest BCUT2D eigenvalue weighted by atomic mass is 19.1. The monoisotopic (exact) mass is 168 g/mol. The lowest BCUT2D eigenvalue weighted by Crippen LogP contribution is -2.29. The summed E-state index contributed by atoms with van der Waals surface area (Å²) in [5, 5.41) is 0. The van der Waals surface area contributed by atoms with E-state index in [1.807, 2.05) is 11.9 Å². The fourth-order valence-corrected chi connectivity index (χ4v) is 1.20. The maximum atomic E-state index is 12.7. The molecule has 0 saturated carbocycles. The van der Waals surface area contributed by atoms with Gasteiger partial charge in [-0.2, -0.15) is 0 Å². The zero-order valence-electron chi connectivity index (χ0n) is 6.75. The van der Waals surface area contributed by atoms with Crippen LogP contribution in [0.2, 0.25) is 0 Å². The van der Waals surface area contributed by atoms with Crippen LogP contribution in [0.4, 0.5) is 10.1 Å². The van der Waals surface area contributed by atoms with Gasteiger partial charge in [-0.05, 0) is 0 Å². The minimum Gasteiger partial charge on any atom is -0.474 e. The summed E-state index contributed by atoms with van der Waals surface area (Å²) in [4.78, 5) is 5.76. The predicted octanol–water partition coefficient (Wildman–Crippen LogP) is 1.05. The van der Waals surface area contributed by atoms with Crippen molar-refractivity contribution in [3.05, 3.63) is 18.1 Å². The molecular formula is C8H9FN2O. The van der Waals surface area contributed by atoms with Gasteiger partial charge < -0.3 is 9.64 Å². The summed E-state index contributed by atoms with van der Waals surface area (Å²) >= 11 is 0. The van der Waals surface area contributed by atoms with Crippen LogP contribution in [0.5, 0.6) is 5.88 Å². The standard InChI is InChI=1S/C8H9FN2O/c1-11-2-3-12-8-7(11)4-6(9)5-10-8/h4-5H,2-3H2,1H3. The number of likely N-dealkylation sites (N-methyl/N-ethyl adjacent to an activating group) is 1. The van der Waals surface area contributed by atoms with Crippen molar-refractivity contribution in [2.75, 3.05) is 25.1 Å². The summed E-state index contributed by atoms with van der Waals surface area (Å²) in [6.07, 6.45) is 1.16. The average molecular weight is 168 g/mol. The molecule has 0 spiro atoms. The molecule has 0 bridgehead atoms. The van der Waals surface area contributed by atoms with E-state index in [0.717, 1.165) is 18.4 Å². The lowest BCUT2D eigenvalue weighted by atomic mass is 10.3. The zero-order chi connectivity index (χ0) is 8.55. The lowest BCUT2D eigenvalue weighted by molar-refractivity contribution is 0.297. The Kier molecular flexibility index (Phi) is 1.60. The number of halogens is 1. The van der Waals surface area contributed by atoms with Crippen molar-refractivity contribution in [2.24, 2.45) is 0 Å². The number of aromatic nitrogens is 1. The average Bonchev–Trinajstić information content (AvgIpc) is 2.07. The SMILES string of the molecule is CN1CCOc2ncc(F)cc21. The lowest BCUT2D eigenvalue weighted by Gasteiger charge is -2.26. The smallest absolute Gasteiger partial charge is 0.237 e. The highest BCUT2D eigenvalue weighted by Gasteiger charge is 2.16. The molecule has 2 heterocycles. The molecule has 0 atom stereocenters. The Hall–Kier alpha value is -1.32. The molecule has 0 fully saturated rings. The normalized spacial score (nSPS) is 15.3. The van der Waals surface area contributed by atoms with Crippen LogP contribution in [0.1, 0.15) is 0 Å². The number of pyridine rings is 1. The molecule has 0 radical (unpaired) electrons. The van der Waals surface area contributed by atoms with Gasteiger partial charge in [-0.25, -0.2) is 9.37 Å². The third kappa shape index (κ3) is 1.09. The first-order valence-electron chi connectivity index (χ1n) is 3.77. The predicted molar refractivity (Wildman–Crippen MR) is 43.0 cm³/mol. The van der Waals surface area contributed by atoms with Crippen LogP contribution in [0.25, 0.3) is 0 Å². The number of fused-ring (bicyclic) bond motifs is 1. The summed E-state index contributed by atoms with van der Waals surface area (Å²) in [6.45, 7) is 1.39. The van der Waals surface area contributed by atoms with Crippen LogP contribution >= 0.6 is 0 Å². The number of hydrogen-bond acceptors (Lipinski definition) is 3. The zero-order valence-corrected chi connectivity index (χ0v) is 6.75. The van der Waals surface area contributed by atoms with E-state index in [2.05, 4.69) is 4.98 Å². The van der Waals surface area contributed by atoms with E-state index in [1.54, 1.807) is 0 Å². The summed E-state index contributed by atoms with van der Waals surface area (Å²) in [5.74, 6) is 0.191. The Labute approximate surface area is 69.8 Å². The van der Waals surface area contributed by atoms with E-state index in [-0.39, 0.29) is 5.82 Å². The molecule has 1 aromatic rings. The molecule has 0 N–H and O–H groups in total. The van der Waals surface area contributed by atoms with Crippen LogP contribution in [0, 0.1) is 5.82 Å². The molecule has 1 aromatic heterocycles. The van der Waals surface area contributed by atoms with Gasteiger partial charge in [-0.15, -0.1) is 0 Å². The van der Waals surface area contributed by atoms with Crippen molar-refractivity contribution < 1.29 is 9.13 Å². The number of anilines is 1. The van der Waals surface area contributed by atoms with Gasteiger partial charge in [0.25, 0.3) is 0 Å². The van der Waals surface area contributed by atoms with Crippen molar-refractivity contribution in [1.82, 2.24) is 4.98 Å². The molecule has 0 saturated heterocycles. The molecule has 64 valence electrons. The van der Waals surface area contributed by atoms with E-state index < -0.39 is 0 Å². The van der Waals surface area contributed by atoms with Crippen molar-refractivity contribution >= 4 is 5.69 Å². The fraction of sp³-hybridized carbons (Fsp3) is 0.375. The molecule has 0 aromatic carbocycles. The van der Waals surface area contributed by atoms with Crippen LogP contribution in [0.3, 0.4) is 0 Å². The van der Waals surface area contributed by atoms with Crippen molar-refractivity contribution in [3.8, 4) is 5.88 Å². The molecule has 0 unspecified atom stereocenters. The molecule has 1 aliphatic heterocycles. The summed E-state index contributed by atoms with van der Waals surface area (Å²) < 4.78 is 18.0. The van der Waals surface area contributed by atoms with Gasteiger partial charge in [-0.1, -0.05) is 0 Å². The van der Waals surface area contributed by atoms with E-state index >= 15 is 0 Å². The van der Waals surface area contributed by atoms with E-state index in [9.17, 15) is 4.39 Å². The van der Waals surface area contributed by atoms with E-state index in [4.69, 9.17) is 4.74 Å². The Balaban J connectivity index is 2.47. The van der Waals surface area contributed by atoms with Crippen LogP contribution in [-0.4, -0.2) is 25.2 Å². The summed E-state index contributed by atoms with van der Waals surface area (Å²) in [7, 11) is 1.89. The maximum Gasteiger partial charge on any atom is 0.237 e. The second-order valence-corrected chi connectivity index (χ2v) is 2.75.